The molecule has 1 N–H and O–H groups in total. The molecule has 4 aliphatic carbocycles. The van der Waals surface area contributed by atoms with Gasteiger partial charge in [-0.1, -0.05) is 5.16 Å². The molecule has 0 spiro atoms. The molecular formula is C15H21NO3. The Morgan fingerprint density at radius 2 is 1.79 bits per heavy atom. The molecule has 1 heterocycles. The fourth-order valence-corrected chi connectivity index (χ4v) is 5.42. The summed E-state index contributed by atoms with van der Waals surface area (Å²) in [5.41, 5.74) is 1.18. The summed E-state index contributed by atoms with van der Waals surface area (Å²) in [6.07, 6.45) is 7.58. The number of aliphatic carboxylic acids is 1. The van der Waals surface area contributed by atoms with Crippen molar-refractivity contribution in [3.8, 4) is 0 Å². The van der Waals surface area contributed by atoms with Crippen molar-refractivity contribution in [2.75, 3.05) is 0 Å². The molecule has 0 aromatic carbocycles. The monoisotopic (exact) mass is 263 g/mol. The molecule has 4 bridgehead atoms. The third-order valence-corrected chi connectivity index (χ3v) is 5.77. The Labute approximate surface area is 113 Å². The Bertz CT molecular complexity index is 403. The van der Waals surface area contributed by atoms with Gasteiger partial charge in [-0.2, -0.15) is 0 Å². The molecule has 104 valence electrons. The molecule has 0 radical (unpaired) electrons. The molecule has 1 atom stereocenters. The van der Waals surface area contributed by atoms with E-state index in [4.69, 9.17) is 9.94 Å². The van der Waals surface area contributed by atoms with Gasteiger partial charge in [0, 0.05) is 12.3 Å². The molecule has 0 aromatic rings. The fraction of sp³-hybridized carbons (Fsp3) is 0.867. The maximum Gasteiger partial charge on any atom is 0.307 e. The highest BCUT2D eigenvalue weighted by Gasteiger charge is 2.50. The van der Waals surface area contributed by atoms with Crippen LogP contribution in [0.4, 0.5) is 0 Å². The van der Waals surface area contributed by atoms with E-state index in [0.29, 0.717) is 5.92 Å². The zero-order valence-corrected chi connectivity index (χ0v) is 11.1. The van der Waals surface area contributed by atoms with Gasteiger partial charge < -0.3 is 9.94 Å². The van der Waals surface area contributed by atoms with Crippen LogP contribution >= 0.6 is 0 Å². The quantitative estimate of drug-likeness (QED) is 0.851. The molecule has 5 rings (SSSR count). The lowest BCUT2D eigenvalue weighted by Gasteiger charge is -2.54. The second kappa shape index (κ2) is 4.22. The van der Waals surface area contributed by atoms with Crippen LogP contribution in [0.25, 0.3) is 0 Å². The van der Waals surface area contributed by atoms with Crippen molar-refractivity contribution in [1.29, 1.82) is 0 Å². The van der Waals surface area contributed by atoms with Crippen molar-refractivity contribution in [2.45, 2.75) is 51.0 Å². The SMILES string of the molecule is O=C(O)CC1CC(C2C3CC4CC(C3)CC2C4)=NO1. The summed E-state index contributed by atoms with van der Waals surface area (Å²) in [4.78, 5) is 16.1. The standard InChI is InChI=1S/C15H21NO3/c17-14(18)7-12-6-13(16-19-12)15-10-2-8-1-9(4-10)5-11(15)3-8/h8-12,15H,1-7H2,(H,17,18). The van der Waals surface area contributed by atoms with E-state index in [0.717, 1.165) is 30.1 Å². The summed E-state index contributed by atoms with van der Waals surface area (Å²) in [6, 6.07) is 0. The number of hydrogen-bond acceptors (Lipinski definition) is 3. The minimum Gasteiger partial charge on any atom is -0.481 e. The van der Waals surface area contributed by atoms with Gasteiger partial charge in [-0.25, -0.2) is 0 Å². The van der Waals surface area contributed by atoms with Gasteiger partial charge in [0.15, 0.2) is 0 Å². The van der Waals surface area contributed by atoms with Crippen molar-refractivity contribution in [2.24, 2.45) is 34.7 Å². The van der Waals surface area contributed by atoms with Gasteiger partial charge in [0.05, 0.1) is 12.1 Å². The van der Waals surface area contributed by atoms with E-state index in [9.17, 15) is 4.79 Å². The van der Waals surface area contributed by atoms with Crippen LogP contribution in [-0.2, 0) is 9.63 Å². The van der Waals surface area contributed by atoms with E-state index in [1.807, 2.05) is 0 Å². The van der Waals surface area contributed by atoms with E-state index in [1.54, 1.807) is 0 Å². The maximum atomic E-state index is 10.8. The minimum absolute atomic E-state index is 0.0836. The molecule has 5 aliphatic rings. The van der Waals surface area contributed by atoms with Crippen LogP contribution in [0, 0.1) is 29.6 Å². The topological polar surface area (TPSA) is 58.9 Å². The van der Waals surface area contributed by atoms with Crippen molar-refractivity contribution in [1.82, 2.24) is 0 Å². The third kappa shape index (κ3) is 1.96. The van der Waals surface area contributed by atoms with Gasteiger partial charge in [0.1, 0.15) is 6.10 Å². The normalized spacial score (nSPS) is 47.1. The van der Waals surface area contributed by atoms with Gasteiger partial charge in [-0.15, -0.1) is 0 Å². The molecule has 1 unspecified atom stereocenters. The molecule has 4 saturated carbocycles. The Hall–Kier alpha value is -1.06. The Morgan fingerprint density at radius 3 is 2.37 bits per heavy atom. The Kier molecular flexibility index (Phi) is 2.61. The number of rotatable bonds is 3. The fourth-order valence-electron chi connectivity index (χ4n) is 5.42. The first kappa shape index (κ1) is 11.7. The number of oxime groups is 1. The van der Waals surface area contributed by atoms with Crippen LogP contribution in [0.1, 0.15) is 44.9 Å². The maximum absolute atomic E-state index is 10.8. The van der Waals surface area contributed by atoms with E-state index in [-0.39, 0.29) is 12.5 Å². The molecular weight excluding hydrogens is 242 g/mol. The summed E-state index contributed by atoms with van der Waals surface area (Å²) in [7, 11) is 0. The van der Waals surface area contributed by atoms with Gasteiger partial charge in [-0.05, 0) is 55.8 Å². The highest BCUT2D eigenvalue weighted by atomic mass is 16.6. The molecule has 0 saturated heterocycles. The number of nitrogens with zero attached hydrogens (tertiary/aromatic N) is 1. The highest BCUT2D eigenvalue weighted by molar-refractivity contribution is 5.89. The Balaban J connectivity index is 1.47. The van der Waals surface area contributed by atoms with Crippen LogP contribution in [0.2, 0.25) is 0 Å². The molecule has 19 heavy (non-hydrogen) atoms. The number of carbonyl (C=O) groups is 1. The zero-order chi connectivity index (χ0) is 13.0. The molecule has 4 fully saturated rings. The molecule has 1 aliphatic heterocycles. The number of hydrogen-bond donors (Lipinski definition) is 1. The van der Waals surface area contributed by atoms with Gasteiger partial charge in [0.2, 0.25) is 0 Å². The van der Waals surface area contributed by atoms with Crippen molar-refractivity contribution < 1.29 is 14.7 Å². The molecule has 0 aromatic heterocycles. The lowest BCUT2D eigenvalue weighted by atomic mass is 9.51. The van der Waals surface area contributed by atoms with Crippen molar-refractivity contribution in [3.63, 3.8) is 0 Å². The first-order valence-corrected chi connectivity index (χ1v) is 7.63. The van der Waals surface area contributed by atoms with E-state index in [2.05, 4.69) is 5.16 Å². The second-order valence-electron chi connectivity index (χ2n) is 7.07. The lowest BCUT2D eigenvalue weighted by molar-refractivity contribution is -0.139. The molecule has 4 nitrogen and oxygen atoms in total. The van der Waals surface area contributed by atoms with Gasteiger partial charge in [-0.3, -0.25) is 4.79 Å². The first-order valence-electron chi connectivity index (χ1n) is 7.63. The van der Waals surface area contributed by atoms with Crippen LogP contribution in [-0.4, -0.2) is 22.9 Å². The molecule has 0 amide bonds. The van der Waals surface area contributed by atoms with Crippen molar-refractivity contribution in [3.05, 3.63) is 0 Å². The highest BCUT2D eigenvalue weighted by Crippen LogP contribution is 2.57. The number of carboxylic acids is 1. The average molecular weight is 263 g/mol. The average Bonchev–Trinajstić information content (AvgIpc) is 2.75. The van der Waals surface area contributed by atoms with E-state index < -0.39 is 5.97 Å². The zero-order valence-electron chi connectivity index (χ0n) is 11.1. The largest absolute Gasteiger partial charge is 0.481 e. The summed E-state index contributed by atoms with van der Waals surface area (Å²) >= 11 is 0. The van der Waals surface area contributed by atoms with E-state index in [1.165, 1.54) is 37.8 Å². The Morgan fingerprint density at radius 1 is 1.16 bits per heavy atom. The minimum atomic E-state index is -0.786. The first-order chi connectivity index (χ1) is 9.19. The molecule has 4 heteroatoms. The van der Waals surface area contributed by atoms with Gasteiger partial charge in [0.25, 0.3) is 0 Å². The predicted octanol–water partition coefficient (Wildman–Crippen LogP) is 2.68. The van der Waals surface area contributed by atoms with Crippen LogP contribution in [0.5, 0.6) is 0 Å². The van der Waals surface area contributed by atoms with Crippen LogP contribution in [0.15, 0.2) is 5.16 Å². The van der Waals surface area contributed by atoms with Gasteiger partial charge >= 0.3 is 5.97 Å². The smallest absolute Gasteiger partial charge is 0.307 e. The van der Waals surface area contributed by atoms with Crippen molar-refractivity contribution >= 4 is 11.7 Å². The van der Waals surface area contributed by atoms with E-state index >= 15 is 0 Å². The lowest BCUT2D eigenvalue weighted by Crippen LogP contribution is -2.47. The number of carboxylic acid groups (broad SMARTS) is 1. The van der Waals surface area contributed by atoms with Crippen LogP contribution < -0.4 is 0 Å². The van der Waals surface area contributed by atoms with Crippen LogP contribution in [0.3, 0.4) is 0 Å². The third-order valence-electron chi connectivity index (χ3n) is 5.77. The summed E-state index contributed by atoms with van der Waals surface area (Å²) in [5.74, 6) is 3.37. The summed E-state index contributed by atoms with van der Waals surface area (Å²) in [6.45, 7) is 0. The summed E-state index contributed by atoms with van der Waals surface area (Å²) < 4.78 is 0. The predicted molar refractivity (Wildman–Crippen MR) is 69.7 cm³/mol. The summed E-state index contributed by atoms with van der Waals surface area (Å²) in [5, 5.41) is 13.1. The second-order valence-corrected chi connectivity index (χ2v) is 7.07.